The smallest absolute Gasteiger partial charge is 0.0546 e. The Labute approximate surface area is 136 Å². The number of halogens is 1. The first-order chi connectivity index (χ1) is 9.74. The predicted molar refractivity (Wildman–Crippen MR) is 92.7 cm³/mol. The normalized spacial score (nSPS) is 22.0. The van der Waals surface area contributed by atoms with E-state index >= 15 is 0 Å². The van der Waals surface area contributed by atoms with Gasteiger partial charge in [0, 0.05) is 35.8 Å². The Bertz CT molecular complexity index is 478. The standard InChI is InChI=1S/C17H27BrN2O/c1-17(2,3)19-10-13-5-6-14(18)9-16(13)20(4)11-12-7-15(21)8-12/h5-6,9,12,15,19,21H,7-8,10-11H2,1-4H3. The summed E-state index contributed by atoms with van der Waals surface area (Å²) in [5.41, 5.74) is 2.69. The first kappa shape index (κ1) is 16.8. The molecular weight excluding hydrogens is 328 g/mol. The van der Waals surface area contributed by atoms with E-state index in [0.29, 0.717) is 5.92 Å². The Kier molecular flexibility index (Phi) is 5.33. The molecule has 0 atom stereocenters. The molecule has 4 heteroatoms. The van der Waals surface area contributed by atoms with Crippen LogP contribution in [0.25, 0.3) is 0 Å². The van der Waals surface area contributed by atoms with Crippen molar-refractivity contribution in [1.29, 1.82) is 0 Å². The molecule has 1 aliphatic rings. The Morgan fingerprint density at radius 3 is 2.57 bits per heavy atom. The number of benzene rings is 1. The van der Waals surface area contributed by atoms with E-state index in [-0.39, 0.29) is 11.6 Å². The number of nitrogens with one attached hydrogen (secondary N) is 1. The SMILES string of the molecule is CN(CC1CC(O)C1)c1cc(Br)ccc1CNC(C)(C)C. The van der Waals surface area contributed by atoms with Gasteiger partial charge >= 0.3 is 0 Å². The van der Waals surface area contributed by atoms with Crippen LogP contribution in [-0.2, 0) is 6.54 Å². The molecule has 0 aromatic heterocycles. The van der Waals surface area contributed by atoms with Gasteiger partial charge in [-0.15, -0.1) is 0 Å². The fourth-order valence-corrected chi connectivity index (χ4v) is 3.09. The third-order valence-electron chi connectivity index (χ3n) is 4.01. The lowest BCUT2D eigenvalue weighted by atomic mass is 9.82. The van der Waals surface area contributed by atoms with Gasteiger partial charge in [-0.05, 0) is 57.2 Å². The maximum Gasteiger partial charge on any atom is 0.0546 e. The number of aliphatic hydroxyl groups excluding tert-OH is 1. The van der Waals surface area contributed by atoms with Crippen LogP contribution in [-0.4, -0.2) is 30.3 Å². The zero-order chi connectivity index (χ0) is 15.6. The van der Waals surface area contributed by atoms with Crippen LogP contribution in [0.15, 0.2) is 22.7 Å². The van der Waals surface area contributed by atoms with E-state index in [1.165, 1.54) is 11.3 Å². The molecule has 118 valence electrons. The van der Waals surface area contributed by atoms with E-state index in [2.05, 4.69) is 72.2 Å². The van der Waals surface area contributed by atoms with Gasteiger partial charge in [0.1, 0.15) is 0 Å². The highest BCUT2D eigenvalue weighted by Crippen LogP contribution is 2.31. The van der Waals surface area contributed by atoms with Crippen LogP contribution in [0.5, 0.6) is 0 Å². The zero-order valence-corrected chi connectivity index (χ0v) is 15.1. The highest BCUT2D eigenvalue weighted by molar-refractivity contribution is 9.10. The molecule has 0 spiro atoms. The van der Waals surface area contributed by atoms with Crippen LogP contribution in [0.1, 0.15) is 39.2 Å². The third-order valence-corrected chi connectivity index (χ3v) is 4.50. The van der Waals surface area contributed by atoms with Crippen LogP contribution < -0.4 is 10.2 Å². The fraction of sp³-hybridized carbons (Fsp3) is 0.647. The summed E-state index contributed by atoms with van der Waals surface area (Å²) in [5, 5.41) is 13.0. The van der Waals surface area contributed by atoms with E-state index in [9.17, 15) is 5.11 Å². The number of rotatable bonds is 5. The quantitative estimate of drug-likeness (QED) is 0.848. The van der Waals surface area contributed by atoms with Gasteiger partial charge in [-0.2, -0.15) is 0 Å². The second-order valence-corrected chi connectivity index (χ2v) is 8.16. The summed E-state index contributed by atoms with van der Waals surface area (Å²) in [6.07, 6.45) is 1.80. The molecule has 0 saturated heterocycles. The van der Waals surface area contributed by atoms with E-state index in [1.807, 2.05) is 0 Å². The number of hydrogen-bond acceptors (Lipinski definition) is 3. The van der Waals surface area contributed by atoms with Crippen molar-refractivity contribution in [1.82, 2.24) is 5.32 Å². The maximum atomic E-state index is 9.44. The average Bonchev–Trinajstić information content (AvgIpc) is 2.34. The van der Waals surface area contributed by atoms with Crippen molar-refractivity contribution in [3.05, 3.63) is 28.2 Å². The van der Waals surface area contributed by atoms with Gasteiger partial charge in [-0.1, -0.05) is 22.0 Å². The number of anilines is 1. The Balaban J connectivity index is 2.06. The number of hydrogen-bond donors (Lipinski definition) is 2. The van der Waals surface area contributed by atoms with Gasteiger partial charge in [0.2, 0.25) is 0 Å². The lowest BCUT2D eigenvalue weighted by Crippen LogP contribution is -2.38. The molecule has 0 amide bonds. The van der Waals surface area contributed by atoms with Gasteiger partial charge < -0.3 is 15.3 Å². The molecule has 0 radical (unpaired) electrons. The van der Waals surface area contributed by atoms with Gasteiger partial charge in [0.25, 0.3) is 0 Å². The highest BCUT2D eigenvalue weighted by Gasteiger charge is 2.28. The molecule has 3 nitrogen and oxygen atoms in total. The second-order valence-electron chi connectivity index (χ2n) is 7.25. The van der Waals surface area contributed by atoms with E-state index in [1.54, 1.807) is 0 Å². The van der Waals surface area contributed by atoms with Gasteiger partial charge in [-0.25, -0.2) is 0 Å². The molecule has 1 aliphatic carbocycles. The largest absolute Gasteiger partial charge is 0.393 e. The summed E-state index contributed by atoms with van der Waals surface area (Å²) in [6.45, 7) is 8.43. The molecule has 0 heterocycles. The fourth-order valence-electron chi connectivity index (χ4n) is 2.74. The van der Waals surface area contributed by atoms with Crippen molar-refractivity contribution < 1.29 is 5.11 Å². The van der Waals surface area contributed by atoms with Crippen molar-refractivity contribution in [2.24, 2.45) is 5.92 Å². The van der Waals surface area contributed by atoms with Crippen molar-refractivity contribution in [2.75, 3.05) is 18.5 Å². The van der Waals surface area contributed by atoms with Crippen LogP contribution in [0.3, 0.4) is 0 Å². The zero-order valence-electron chi connectivity index (χ0n) is 13.5. The Morgan fingerprint density at radius 1 is 1.33 bits per heavy atom. The first-order valence-corrected chi connectivity index (χ1v) is 8.46. The van der Waals surface area contributed by atoms with Crippen LogP contribution in [0, 0.1) is 5.92 Å². The molecule has 1 fully saturated rings. The lowest BCUT2D eigenvalue weighted by Gasteiger charge is -2.36. The molecule has 1 aromatic carbocycles. The van der Waals surface area contributed by atoms with E-state index in [0.717, 1.165) is 30.4 Å². The average molecular weight is 355 g/mol. The van der Waals surface area contributed by atoms with Gasteiger partial charge in [0.15, 0.2) is 0 Å². The molecule has 1 saturated carbocycles. The van der Waals surface area contributed by atoms with Crippen molar-refractivity contribution in [3.8, 4) is 0 Å². The Morgan fingerprint density at radius 2 is 2.00 bits per heavy atom. The third kappa shape index (κ3) is 4.97. The molecule has 2 N–H and O–H groups in total. The summed E-state index contributed by atoms with van der Waals surface area (Å²) >= 11 is 3.57. The summed E-state index contributed by atoms with van der Waals surface area (Å²) in [5.74, 6) is 0.618. The monoisotopic (exact) mass is 354 g/mol. The Hall–Kier alpha value is -0.580. The maximum absolute atomic E-state index is 9.44. The minimum Gasteiger partial charge on any atom is -0.393 e. The van der Waals surface area contributed by atoms with Crippen LogP contribution in [0.2, 0.25) is 0 Å². The van der Waals surface area contributed by atoms with Crippen molar-refractivity contribution in [3.63, 3.8) is 0 Å². The number of nitrogens with zero attached hydrogens (tertiary/aromatic N) is 1. The predicted octanol–water partition coefficient (Wildman–Crippen LogP) is 3.54. The lowest BCUT2D eigenvalue weighted by molar-refractivity contribution is 0.0464. The molecular formula is C17H27BrN2O. The molecule has 2 rings (SSSR count). The van der Waals surface area contributed by atoms with E-state index < -0.39 is 0 Å². The minimum absolute atomic E-state index is 0.0760. The van der Waals surface area contributed by atoms with Crippen LogP contribution in [0.4, 0.5) is 5.69 Å². The molecule has 1 aromatic rings. The molecule has 0 bridgehead atoms. The minimum atomic E-state index is -0.0760. The van der Waals surface area contributed by atoms with Crippen molar-refractivity contribution >= 4 is 21.6 Å². The van der Waals surface area contributed by atoms with E-state index in [4.69, 9.17) is 0 Å². The summed E-state index contributed by atoms with van der Waals surface area (Å²) in [7, 11) is 2.15. The van der Waals surface area contributed by atoms with Gasteiger partial charge in [-0.3, -0.25) is 0 Å². The second kappa shape index (κ2) is 6.67. The summed E-state index contributed by atoms with van der Waals surface area (Å²) < 4.78 is 1.11. The highest BCUT2D eigenvalue weighted by atomic mass is 79.9. The topological polar surface area (TPSA) is 35.5 Å². The molecule has 0 unspecified atom stereocenters. The summed E-state index contributed by atoms with van der Waals surface area (Å²) in [4.78, 5) is 2.32. The van der Waals surface area contributed by atoms with Crippen molar-refractivity contribution in [2.45, 2.75) is 51.8 Å². The molecule has 0 aliphatic heterocycles. The first-order valence-electron chi connectivity index (χ1n) is 7.67. The summed E-state index contributed by atoms with van der Waals surface area (Å²) in [6, 6.07) is 6.48. The number of aliphatic hydroxyl groups is 1. The molecule has 21 heavy (non-hydrogen) atoms. The van der Waals surface area contributed by atoms with Gasteiger partial charge in [0.05, 0.1) is 6.10 Å². The van der Waals surface area contributed by atoms with Crippen LogP contribution >= 0.6 is 15.9 Å².